The quantitative estimate of drug-likeness (QED) is 0.117. The number of carbonyl (C=O) groups is 1. The van der Waals surface area contributed by atoms with E-state index in [0.717, 1.165) is 6.42 Å². The van der Waals surface area contributed by atoms with Crippen LogP contribution in [0, 0.1) is 5.41 Å². The number of benzene rings is 1. The minimum Gasteiger partial charge on any atom is -0.464 e. The summed E-state index contributed by atoms with van der Waals surface area (Å²) in [5.74, 6) is -0.236. The molecule has 234 valence electrons. The third kappa shape index (κ3) is 7.06. The Hall–Kier alpha value is -3.39. The Bertz CT molecular complexity index is 1470. The Morgan fingerprint density at radius 3 is 2.70 bits per heavy atom. The third-order valence-electron chi connectivity index (χ3n) is 7.45. The number of nitrogens with one attached hydrogen (secondary N) is 1. The number of ether oxygens (including phenoxy) is 2. The van der Waals surface area contributed by atoms with Crippen LogP contribution in [0.5, 0.6) is 5.75 Å². The van der Waals surface area contributed by atoms with Crippen LogP contribution in [0.4, 0.5) is 5.82 Å². The number of esters is 1. The van der Waals surface area contributed by atoms with Gasteiger partial charge in [-0.2, -0.15) is 10.2 Å². The van der Waals surface area contributed by atoms with E-state index in [0.29, 0.717) is 11.2 Å². The van der Waals surface area contributed by atoms with Gasteiger partial charge in [-0.05, 0) is 49.7 Å². The summed E-state index contributed by atoms with van der Waals surface area (Å²) in [7, 11) is -4.29. The molecule has 0 radical (unpaired) electrons. The van der Waals surface area contributed by atoms with Crippen molar-refractivity contribution in [2.75, 3.05) is 25.5 Å². The molecule has 0 spiro atoms. The van der Waals surface area contributed by atoms with Gasteiger partial charge in [0, 0.05) is 0 Å². The molecule has 3 heterocycles. The molecular weight excluding hydrogens is 579 g/mol. The van der Waals surface area contributed by atoms with E-state index in [9.17, 15) is 19.6 Å². The Kier molecular flexibility index (Phi) is 9.90. The van der Waals surface area contributed by atoms with Crippen molar-refractivity contribution >= 4 is 31.8 Å². The highest BCUT2D eigenvalue weighted by Crippen LogP contribution is 2.47. The highest BCUT2D eigenvalue weighted by atomic mass is 31.2. The van der Waals surface area contributed by atoms with Gasteiger partial charge in [0.1, 0.15) is 41.9 Å². The van der Waals surface area contributed by atoms with E-state index < -0.39 is 50.3 Å². The first-order chi connectivity index (χ1) is 20.3. The number of nitrogens with two attached hydrogens (primary N) is 1. The van der Waals surface area contributed by atoms with Crippen LogP contribution < -0.4 is 15.3 Å². The predicted molar refractivity (Wildman–Crippen MR) is 159 cm³/mol. The molecule has 1 unspecified atom stereocenters. The van der Waals surface area contributed by atoms with Gasteiger partial charge in [0.2, 0.25) is 0 Å². The van der Waals surface area contributed by atoms with Crippen molar-refractivity contribution in [3.63, 3.8) is 0 Å². The van der Waals surface area contributed by atoms with Gasteiger partial charge in [-0.3, -0.25) is 14.3 Å². The maximum absolute atomic E-state index is 14.0. The number of para-hydroxylation sites is 1. The maximum atomic E-state index is 14.0. The Morgan fingerprint density at radius 1 is 1.30 bits per heavy atom. The molecule has 1 fully saturated rings. The van der Waals surface area contributed by atoms with E-state index in [4.69, 9.17) is 24.3 Å². The molecule has 4 rings (SSSR count). The van der Waals surface area contributed by atoms with Crippen molar-refractivity contribution in [2.45, 2.75) is 64.1 Å². The van der Waals surface area contributed by atoms with Crippen molar-refractivity contribution in [1.82, 2.24) is 19.7 Å². The lowest BCUT2D eigenvalue weighted by atomic mass is 9.91. The molecule has 14 nitrogen and oxygen atoms in total. The zero-order chi connectivity index (χ0) is 31.4. The maximum Gasteiger partial charge on any atom is 0.459 e. The van der Waals surface area contributed by atoms with Crippen molar-refractivity contribution < 1.29 is 38.1 Å². The molecule has 0 amide bonds. The SMILES string of the molecule is C=NC[C@@]1(c2ccc3c(N)ncnn23)O[C@H](COP(=O)(N[C@@H](C)C(=O)OCC(C)(C)CC)Oc2ccccc2)[C@@H](O)[C@H]1O. The summed E-state index contributed by atoms with van der Waals surface area (Å²) < 4.78 is 38.5. The number of nitrogen functional groups attached to an aromatic ring is 1. The Labute approximate surface area is 249 Å². The monoisotopic (exact) mass is 618 g/mol. The van der Waals surface area contributed by atoms with Gasteiger partial charge >= 0.3 is 13.7 Å². The van der Waals surface area contributed by atoms with Crippen molar-refractivity contribution in [3.05, 3.63) is 54.5 Å². The third-order valence-corrected chi connectivity index (χ3v) is 9.09. The Morgan fingerprint density at radius 2 is 2.02 bits per heavy atom. The number of rotatable bonds is 14. The van der Waals surface area contributed by atoms with Gasteiger partial charge in [0.05, 0.1) is 25.5 Å². The van der Waals surface area contributed by atoms with Crippen molar-refractivity contribution in [3.8, 4) is 5.75 Å². The average molecular weight is 619 g/mol. The first-order valence-electron chi connectivity index (χ1n) is 13.8. The summed E-state index contributed by atoms with van der Waals surface area (Å²) in [6.07, 6.45) is -2.19. The fourth-order valence-electron chi connectivity index (χ4n) is 4.55. The molecule has 15 heteroatoms. The molecule has 6 atom stereocenters. The summed E-state index contributed by atoms with van der Waals surface area (Å²) in [5, 5.41) is 29.2. The molecule has 2 aromatic heterocycles. The predicted octanol–water partition coefficient (Wildman–Crippen LogP) is 2.49. The van der Waals surface area contributed by atoms with E-state index in [1.165, 1.54) is 17.8 Å². The number of fused-ring (bicyclic) bond motifs is 1. The van der Waals surface area contributed by atoms with Crippen LogP contribution >= 0.6 is 7.75 Å². The van der Waals surface area contributed by atoms with E-state index in [1.807, 2.05) is 20.8 Å². The fourth-order valence-corrected chi connectivity index (χ4v) is 6.05. The number of anilines is 1. The molecule has 1 aliphatic rings. The fraction of sp³-hybridized carbons (Fsp3) is 0.500. The lowest BCUT2D eigenvalue weighted by Crippen LogP contribution is -2.44. The number of hydrogen-bond donors (Lipinski definition) is 4. The molecule has 5 N–H and O–H groups in total. The molecule has 1 aliphatic heterocycles. The van der Waals surface area contributed by atoms with Crippen LogP contribution in [0.15, 0.2) is 53.8 Å². The van der Waals surface area contributed by atoms with Crippen molar-refractivity contribution in [2.24, 2.45) is 10.4 Å². The van der Waals surface area contributed by atoms with Gasteiger partial charge < -0.3 is 29.9 Å². The summed E-state index contributed by atoms with van der Waals surface area (Å²) >= 11 is 0. The molecule has 1 aromatic carbocycles. The molecule has 43 heavy (non-hydrogen) atoms. The first-order valence-corrected chi connectivity index (χ1v) is 15.4. The second-order valence-electron chi connectivity index (χ2n) is 11.2. The smallest absolute Gasteiger partial charge is 0.459 e. The van der Waals surface area contributed by atoms with Gasteiger partial charge in [0.15, 0.2) is 11.4 Å². The molecule has 3 aromatic rings. The second kappa shape index (κ2) is 13.1. The Balaban J connectivity index is 1.56. The normalized spacial score (nSPS) is 24.4. The number of aliphatic hydroxyl groups excluding tert-OH is 2. The topological polar surface area (TPSA) is 192 Å². The van der Waals surface area contributed by atoms with E-state index in [1.54, 1.807) is 42.5 Å². The number of carbonyl (C=O) groups excluding carboxylic acids is 1. The molecule has 0 bridgehead atoms. The standard InChI is InChI=1S/C28H39N6O8P/c1-6-27(3,4)16-39-26(37)18(2)33-43(38,42-19-10-8-7-9-11-19)40-14-21-23(35)24(36)28(41-21,15-30-5)22-13-12-20-25(29)31-17-32-34(20)22/h7-13,17-18,21,23-24,35-36H,5-6,14-16H2,1-4H3,(H,33,38)(H2,29,31,32)/t18-,21+,23+,24+,28-,43?/m0/s1. The van der Waals surface area contributed by atoms with Gasteiger partial charge in [0.25, 0.3) is 0 Å². The van der Waals surface area contributed by atoms with Crippen LogP contribution in [-0.4, -0.2) is 81.6 Å². The summed E-state index contributed by atoms with van der Waals surface area (Å²) in [6.45, 7) is 10.4. The average Bonchev–Trinajstić information content (AvgIpc) is 3.52. The zero-order valence-electron chi connectivity index (χ0n) is 24.6. The van der Waals surface area contributed by atoms with Crippen LogP contribution in [-0.2, 0) is 29.0 Å². The number of aromatic nitrogens is 3. The zero-order valence-corrected chi connectivity index (χ0v) is 25.5. The minimum atomic E-state index is -4.29. The highest BCUT2D eigenvalue weighted by Gasteiger charge is 2.57. The van der Waals surface area contributed by atoms with Crippen LogP contribution in [0.2, 0.25) is 0 Å². The summed E-state index contributed by atoms with van der Waals surface area (Å²) in [6, 6.07) is 10.4. The molecule has 0 aliphatic carbocycles. The van der Waals surface area contributed by atoms with Gasteiger partial charge in [-0.15, -0.1) is 0 Å². The van der Waals surface area contributed by atoms with E-state index >= 15 is 0 Å². The first kappa shape index (κ1) is 32.5. The van der Waals surface area contributed by atoms with E-state index in [-0.39, 0.29) is 30.1 Å². The number of aliphatic hydroxyl groups is 2. The van der Waals surface area contributed by atoms with Crippen LogP contribution in [0.25, 0.3) is 5.52 Å². The lowest BCUT2D eigenvalue weighted by Gasteiger charge is -2.30. The van der Waals surface area contributed by atoms with Gasteiger partial charge in [-0.25, -0.2) is 14.1 Å². The number of aliphatic imine (C=N–C) groups is 1. The molecule has 0 saturated carbocycles. The highest BCUT2D eigenvalue weighted by molar-refractivity contribution is 7.52. The van der Waals surface area contributed by atoms with Crippen molar-refractivity contribution in [1.29, 1.82) is 0 Å². The van der Waals surface area contributed by atoms with Crippen LogP contribution in [0.1, 0.15) is 39.8 Å². The summed E-state index contributed by atoms with van der Waals surface area (Å²) in [4.78, 5) is 20.7. The van der Waals surface area contributed by atoms with E-state index in [2.05, 4.69) is 26.9 Å². The molecule has 1 saturated heterocycles. The largest absolute Gasteiger partial charge is 0.464 e. The number of hydrogen-bond acceptors (Lipinski definition) is 12. The summed E-state index contributed by atoms with van der Waals surface area (Å²) in [5.41, 5.74) is 4.93. The molecular formula is C28H39N6O8P. The van der Waals surface area contributed by atoms with Crippen LogP contribution in [0.3, 0.4) is 0 Å². The second-order valence-corrected chi connectivity index (χ2v) is 12.9. The van der Waals surface area contributed by atoms with Gasteiger partial charge in [-0.1, -0.05) is 39.0 Å². The number of nitrogens with zero attached hydrogens (tertiary/aromatic N) is 4. The lowest BCUT2D eigenvalue weighted by molar-refractivity contribution is -0.148. The minimum absolute atomic E-state index is 0.162.